The van der Waals surface area contributed by atoms with Gasteiger partial charge in [0.1, 0.15) is 0 Å². The minimum atomic E-state index is -0.425. The quantitative estimate of drug-likeness (QED) is 0.780. The number of halogens is 1. The summed E-state index contributed by atoms with van der Waals surface area (Å²) in [6.07, 6.45) is -0.425. The van der Waals surface area contributed by atoms with E-state index in [2.05, 4.69) is 0 Å². The van der Waals surface area contributed by atoms with Crippen LogP contribution in [0.1, 0.15) is 18.4 Å². The molecular formula is C10H14ClNO. The highest BCUT2D eigenvalue weighted by Gasteiger charge is 2.14. The van der Waals surface area contributed by atoms with Crippen LogP contribution in [0.15, 0.2) is 24.3 Å². The lowest BCUT2D eigenvalue weighted by atomic mass is 9.95. The highest BCUT2D eigenvalue weighted by atomic mass is 35.5. The predicted octanol–water partition coefficient (Wildman–Crippen LogP) is 1.76. The van der Waals surface area contributed by atoms with Gasteiger partial charge >= 0.3 is 0 Å². The smallest absolute Gasteiger partial charge is 0.0592 e. The number of benzene rings is 1. The van der Waals surface area contributed by atoms with Crippen molar-refractivity contribution in [3.8, 4) is 0 Å². The van der Waals surface area contributed by atoms with Crippen LogP contribution in [0.25, 0.3) is 0 Å². The second-order valence-corrected chi connectivity index (χ2v) is 3.57. The van der Waals surface area contributed by atoms with Crippen LogP contribution in [0, 0.1) is 0 Å². The standard InChI is InChI=1S/C10H14ClNO/c1-7(13)10(6-12)8-2-4-9(11)5-3-8/h2-5,7,10,13H,6,12H2,1H3. The minimum absolute atomic E-state index is 0.00253. The lowest BCUT2D eigenvalue weighted by Crippen LogP contribution is -2.23. The molecular weight excluding hydrogens is 186 g/mol. The summed E-state index contributed by atoms with van der Waals surface area (Å²) in [6.45, 7) is 2.19. The zero-order valence-corrected chi connectivity index (χ0v) is 8.33. The Hall–Kier alpha value is -0.570. The summed E-state index contributed by atoms with van der Waals surface area (Å²) in [4.78, 5) is 0. The molecule has 0 saturated heterocycles. The Morgan fingerprint density at radius 1 is 1.38 bits per heavy atom. The van der Waals surface area contributed by atoms with Crippen molar-refractivity contribution >= 4 is 11.6 Å². The van der Waals surface area contributed by atoms with Gasteiger partial charge in [-0.2, -0.15) is 0 Å². The van der Waals surface area contributed by atoms with E-state index in [1.54, 1.807) is 6.92 Å². The molecule has 0 aliphatic rings. The van der Waals surface area contributed by atoms with Crippen LogP contribution in [0.2, 0.25) is 5.02 Å². The number of aliphatic hydroxyl groups excluding tert-OH is 1. The van der Waals surface area contributed by atoms with E-state index in [1.165, 1.54) is 0 Å². The van der Waals surface area contributed by atoms with Crippen LogP contribution in [-0.4, -0.2) is 17.8 Å². The van der Waals surface area contributed by atoms with Crippen LogP contribution >= 0.6 is 11.6 Å². The van der Waals surface area contributed by atoms with E-state index in [1.807, 2.05) is 24.3 Å². The van der Waals surface area contributed by atoms with E-state index in [-0.39, 0.29) is 5.92 Å². The molecule has 0 radical (unpaired) electrons. The van der Waals surface area contributed by atoms with Gasteiger partial charge in [0.15, 0.2) is 0 Å². The van der Waals surface area contributed by atoms with Crippen LogP contribution in [-0.2, 0) is 0 Å². The zero-order chi connectivity index (χ0) is 9.84. The average Bonchev–Trinajstić information content (AvgIpc) is 2.09. The van der Waals surface area contributed by atoms with E-state index in [4.69, 9.17) is 17.3 Å². The molecule has 0 saturated carbocycles. The molecule has 2 atom stereocenters. The molecule has 0 aliphatic carbocycles. The van der Waals surface area contributed by atoms with Crippen LogP contribution in [0.3, 0.4) is 0 Å². The molecule has 0 amide bonds. The highest BCUT2D eigenvalue weighted by molar-refractivity contribution is 6.30. The number of aliphatic hydroxyl groups is 1. The molecule has 13 heavy (non-hydrogen) atoms. The van der Waals surface area contributed by atoms with Crippen molar-refractivity contribution in [2.75, 3.05) is 6.54 Å². The van der Waals surface area contributed by atoms with Gasteiger partial charge in [0, 0.05) is 17.5 Å². The Labute approximate surface area is 83.3 Å². The van der Waals surface area contributed by atoms with E-state index < -0.39 is 6.10 Å². The normalized spacial score (nSPS) is 15.4. The molecule has 2 unspecified atom stereocenters. The topological polar surface area (TPSA) is 46.2 Å². The SMILES string of the molecule is CC(O)C(CN)c1ccc(Cl)cc1. The average molecular weight is 200 g/mol. The van der Waals surface area contributed by atoms with Gasteiger partial charge in [0.05, 0.1) is 6.10 Å². The van der Waals surface area contributed by atoms with Crippen molar-refractivity contribution in [1.29, 1.82) is 0 Å². The van der Waals surface area contributed by atoms with Crippen LogP contribution in [0.5, 0.6) is 0 Å². The summed E-state index contributed by atoms with van der Waals surface area (Å²) in [5.41, 5.74) is 6.58. The molecule has 3 heteroatoms. The number of hydrogen-bond donors (Lipinski definition) is 2. The van der Waals surface area contributed by atoms with Crippen molar-refractivity contribution in [2.45, 2.75) is 18.9 Å². The van der Waals surface area contributed by atoms with Crippen molar-refractivity contribution in [3.63, 3.8) is 0 Å². The largest absolute Gasteiger partial charge is 0.393 e. The summed E-state index contributed by atoms with van der Waals surface area (Å²) in [7, 11) is 0. The fourth-order valence-corrected chi connectivity index (χ4v) is 1.45. The first-order valence-corrected chi connectivity index (χ1v) is 4.66. The Morgan fingerprint density at radius 3 is 2.31 bits per heavy atom. The molecule has 0 aromatic heterocycles. The fraction of sp³-hybridized carbons (Fsp3) is 0.400. The van der Waals surface area contributed by atoms with Gasteiger partial charge in [-0.05, 0) is 24.6 Å². The monoisotopic (exact) mass is 199 g/mol. The second kappa shape index (κ2) is 4.61. The van der Waals surface area contributed by atoms with E-state index in [0.29, 0.717) is 11.6 Å². The molecule has 0 spiro atoms. The third-order valence-electron chi connectivity index (χ3n) is 2.13. The van der Waals surface area contributed by atoms with Gasteiger partial charge in [0.25, 0.3) is 0 Å². The molecule has 0 bridgehead atoms. The third kappa shape index (κ3) is 2.69. The molecule has 0 heterocycles. The fourth-order valence-electron chi connectivity index (χ4n) is 1.32. The zero-order valence-electron chi connectivity index (χ0n) is 7.57. The molecule has 1 rings (SSSR count). The summed E-state index contributed by atoms with van der Waals surface area (Å²) in [5.74, 6) is -0.00253. The summed E-state index contributed by atoms with van der Waals surface area (Å²) < 4.78 is 0. The number of hydrogen-bond acceptors (Lipinski definition) is 2. The van der Waals surface area contributed by atoms with Crippen molar-refractivity contribution < 1.29 is 5.11 Å². The first-order chi connectivity index (χ1) is 6.15. The molecule has 2 nitrogen and oxygen atoms in total. The third-order valence-corrected chi connectivity index (χ3v) is 2.39. The Morgan fingerprint density at radius 2 is 1.92 bits per heavy atom. The van der Waals surface area contributed by atoms with E-state index in [0.717, 1.165) is 5.56 Å². The van der Waals surface area contributed by atoms with Gasteiger partial charge in [-0.3, -0.25) is 0 Å². The van der Waals surface area contributed by atoms with Gasteiger partial charge in [-0.15, -0.1) is 0 Å². The lowest BCUT2D eigenvalue weighted by Gasteiger charge is -2.18. The Bertz CT molecular complexity index is 258. The van der Waals surface area contributed by atoms with Gasteiger partial charge in [0.2, 0.25) is 0 Å². The van der Waals surface area contributed by atoms with Gasteiger partial charge in [-0.25, -0.2) is 0 Å². The van der Waals surface area contributed by atoms with E-state index >= 15 is 0 Å². The maximum Gasteiger partial charge on any atom is 0.0592 e. The molecule has 1 aromatic carbocycles. The lowest BCUT2D eigenvalue weighted by molar-refractivity contribution is 0.164. The van der Waals surface area contributed by atoms with Crippen molar-refractivity contribution in [2.24, 2.45) is 5.73 Å². The molecule has 1 aromatic rings. The maximum atomic E-state index is 9.42. The first-order valence-electron chi connectivity index (χ1n) is 4.28. The van der Waals surface area contributed by atoms with E-state index in [9.17, 15) is 5.11 Å². The van der Waals surface area contributed by atoms with Crippen LogP contribution in [0.4, 0.5) is 0 Å². The number of nitrogens with two attached hydrogens (primary N) is 1. The molecule has 0 aliphatic heterocycles. The van der Waals surface area contributed by atoms with Gasteiger partial charge in [-0.1, -0.05) is 23.7 Å². The Balaban J connectivity index is 2.86. The van der Waals surface area contributed by atoms with Gasteiger partial charge < -0.3 is 10.8 Å². The molecule has 72 valence electrons. The van der Waals surface area contributed by atoms with Crippen LogP contribution < -0.4 is 5.73 Å². The summed E-state index contributed by atoms with van der Waals surface area (Å²) in [6, 6.07) is 7.41. The number of rotatable bonds is 3. The summed E-state index contributed by atoms with van der Waals surface area (Å²) in [5, 5.41) is 10.1. The molecule has 3 N–H and O–H groups in total. The molecule has 0 fully saturated rings. The van der Waals surface area contributed by atoms with Crippen molar-refractivity contribution in [3.05, 3.63) is 34.9 Å². The first kappa shape index (κ1) is 10.5. The Kier molecular flexibility index (Phi) is 3.72. The maximum absolute atomic E-state index is 9.42. The minimum Gasteiger partial charge on any atom is -0.393 e. The second-order valence-electron chi connectivity index (χ2n) is 3.13. The predicted molar refractivity (Wildman–Crippen MR) is 54.9 cm³/mol. The highest BCUT2D eigenvalue weighted by Crippen LogP contribution is 2.20. The summed E-state index contributed by atoms with van der Waals surface area (Å²) >= 11 is 5.75. The van der Waals surface area contributed by atoms with Crippen molar-refractivity contribution in [1.82, 2.24) is 0 Å².